The van der Waals surface area contributed by atoms with Gasteiger partial charge in [-0.1, -0.05) is 19.4 Å². The largest absolute Gasteiger partial charge is 0.494 e. The summed E-state index contributed by atoms with van der Waals surface area (Å²) in [5, 5.41) is 1.85. The molecule has 224 valence electrons. The van der Waals surface area contributed by atoms with Gasteiger partial charge in [0.1, 0.15) is 11.6 Å². The average Bonchev–Trinajstić information content (AvgIpc) is 3.39. The molecule has 0 bridgehead atoms. The standard InChI is InChI=1S/C31H36FN3O5S2/c1-2-3-14-40-23-7-9-24(10-8-23)42(37,38)34-19-25-26(20-34)27(25)21-35(31(36)30-5-4-17-41-30)22-6-11-29(28(32)18-22)33-12-15-39-16-13-33/h4-11,17-18,25-27H,2-3,12-16,19-21H2,1H3. The van der Waals surface area contributed by atoms with E-state index in [9.17, 15) is 13.2 Å². The topological polar surface area (TPSA) is 79.4 Å². The highest BCUT2D eigenvalue weighted by Gasteiger charge is 2.58. The number of hydrogen-bond acceptors (Lipinski definition) is 7. The quantitative estimate of drug-likeness (QED) is 0.280. The van der Waals surface area contributed by atoms with Crippen molar-refractivity contribution in [3.63, 3.8) is 0 Å². The fraction of sp³-hybridized carbons (Fsp3) is 0.452. The van der Waals surface area contributed by atoms with E-state index in [4.69, 9.17) is 9.47 Å². The number of halogens is 1. The maximum atomic E-state index is 15.3. The van der Waals surface area contributed by atoms with E-state index in [0.29, 0.717) is 74.5 Å². The molecule has 0 spiro atoms. The zero-order chi connectivity index (χ0) is 29.3. The van der Waals surface area contributed by atoms with Crippen LogP contribution in [0.2, 0.25) is 0 Å². The van der Waals surface area contributed by atoms with Gasteiger partial charge in [0.05, 0.1) is 35.3 Å². The van der Waals surface area contributed by atoms with Crippen molar-refractivity contribution in [2.75, 3.05) is 62.3 Å². The first kappa shape index (κ1) is 29.1. The lowest BCUT2D eigenvalue weighted by Crippen LogP contribution is -2.37. The van der Waals surface area contributed by atoms with Gasteiger partial charge in [-0.15, -0.1) is 11.3 Å². The molecule has 11 heteroatoms. The molecule has 2 aliphatic heterocycles. The third kappa shape index (κ3) is 5.92. The number of ether oxygens (including phenoxy) is 2. The third-order valence-electron chi connectivity index (χ3n) is 8.53. The molecule has 42 heavy (non-hydrogen) atoms. The van der Waals surface area contributed by atoms with Crippen LogP contribution in [-0.4, -0.2) is 71.2 Å². The summed E-state index contributed by atoms with van der Waals surface area (Å²) in [5.41, 5.74) is 1.02. The van der Waals surface area contributed by atoms with Crippen LogP contribution in [-0.2, 0) is 14.8 Å². The molecule has 2 atom stereocenters. The molecule has 2 aromatic carbocycles. The summed E-state index contributed by atoms with van der Waals surface area (Å²) in [5.74, 6) is 0.598. The van der Waals surface area contributed by atoms with Gasteiger partial charge in [0.25, 0.3) is 5.91 Å². The molecule has 3 heterocycles. The molecule has 3 aliphatic rings. The van der Waals surface area contributed by atoms with Gasteiger partial charge in [0.15, 0.2) is 0 Å². The van der Waals surface area contributed by atoms with Gasteiger partial charge in [-0.25, -0.2) is 12.8 Å². The molecule has 1 aliphatic carbocycles. The minimum Gasteiger partial charge on any atom is -0.494 e. The number of piperidine rings is 1. The number of nitrogens with zero attached hydrogens (tertiary/aromatic N) is 3. The smallest absolute Gasteiger partial charge is 0.268 e. The molecule has 1 aromatic heterocycles. The van der Waals surface area contributed by atoms with Crippen molar-refractivity contribution in [3.8, 4) is 5.75 Å². The van der Waals surface area contributed by atoms with Crippen LogP contribution in [0.4, 0.5) is 15.8 Å². The zero-order valence-corrected chi connectivity index (χ0v) is 25.3. The zero-order valence-electron chi connectivity index (χ0n) is 23.7. The minimum atomic E-state index is -3.62. The maximum absolute atomic E-state index is 15.3. The molecule has 0 radical (unpaired) electrons. The lowest BCUT2D eigenvalue weighted by atomic mass is 10.2. The number of thiophene rings is 1. The summed E-state index contributed by atoms with van der Waals surface area (Å²) in [7, 11) is -3.62. The molecule has 1 saturated carbocycles. The van der Waals surface area contributed by atoms with Crippen LogP contribution in [0.5, 0.6) is 5.75 Å². The van der Waals surface area contributed by atoms with E-state index in [2.05, 4.69) is 6.92 Å². The van der Waals surface area contributed by atoms with E-state index in [1.54, 1.807) is 45.6 Å². The number of sulfonamides is 1. The van der Waals surface area contributed by atoms with E-state index in [-0.39, 0.29) is 34.4 Å². The van der Waals surface area contributed by atoms with Gasteiger partial charge < -0.3 is 19.3 Å². The van der Waals surface area contributed by atoms with Crippen molar-refractivity contribution < 1.29 is 27.1 Å². The molecular formula is C31H36FN3O5S2. The molecule has 1 amide bonds. The Balaban J connectivity index is 1.14. The normalized spacial score (nSPS) is 22.1. The number of morpholine rings is 1. The second-order valence-electron chi connectivity index (χ2n) is 11.1. The average molecular weight is 614 g/mol. The van der Waals surface area contributed by atoms with Crippen molar-refractivity contribution in [1.29, 1.82) is 0 Å². The van der Waals surface area contributed by atoms with Crippen molar-refractivity contribution in [1.82, 2.24) is 4.31 Å². The van der Waals surface area contributed by atoms with Crippen molar-refractivity contribution in [2.45, 2.75) is 24.7 Å². The first-order valence-corrected chi connectivity index (χ1v) is 16.9. The number of rotatable bonds is 11. The molecule has 0 N–H and O–H groups in total. The first-order valence-electron chi connectivity index (χ1n) is 14.6. The fourth-order valence-electron chi connectivity index (χ4n) is 6.04. The minimum absolute atomic E-state index is 0.150. The third-order valence-corrected chi connectivity index (χ3v) is 11.2. The number of amides is 1. The molecule has 2 unspecified atom stereocenters. The van der Waals surface area contributed by atoms with Crippen LogP contribution in [0.1, 0.15) is 29.4 Å². The lowest BCUT2D eigenvalue weighted by molar-refractivity contribution is 0.0988. The Labute approximate surface area is 250 Å². The summed E-state index contributed by atoms with van der Waals surface area (Å²) in [6.45, 7) is 6.30. The van der Waals surface area contributed by atoms with Gasteiger partial charge >= 0.3 is 0 Å². The van der Waals surface area contributed by atoms with Gasteiger partial charge in [-0.05, 0) is 78.1 Å². The Morgan fingerprint density at radius 3 is 2.48 bits per heavy atom. The predicted molar refractivity (Wildman–Crippen MR) is 162 cm³/mol. The monoisotopic (exact) mass is 613 g/mol. The van der Waals surface area contributed by atoms with Crippen LogP contribution < -0.4 is 14.5 Å². The summed E-state index contributed by atoms with van der Waals surface area (Å²) in [6.07, 6.45) is 1.98. The number of carbonyl (C=O) groups excluding carboxylic acids is 1. The van der Waals surface area contributed by atoms with Crippen molar-refractivity contribution in [2.24, 2.45) is 17.8 Å². The number of carbonyl (C=O) groups is 1. The van der Waals surface area contributed by atoms with E-state index in [1.165, 1.54) is 17.4 Å². The van der Waals surface area contributed by atoms with Crippen LogP contribution in [0.25, 0.3) is 0 Å². The number of anilines is 2. The molecule has 3 fully saturated rings. The van der Waals surface area contributed by atoms with Gasteiger partial charge in [-0.2, -0.15) is 4.31 Å². The van der Waals surface area contributed by atoms with E-state index < -0.39 is 10.0 Å². The summed E-state index contributed by atoms with van der Waals surface area (Å²) >= 11 is 1.36. The van der Waals surface area contributed by atoms with Crippen LogP contribution in [0, 0.1) is 23.6 Å². The highest BCUT2D eigenvalue weighted by Crippen LogP contribution is 2.53. The SMILES string of the molecule is CCCCOc1ccc(S(=O)(=O)N2CC3C(CN(C(=O)c4cccs4)c4ccc(N5CCOCC5)c(F)c4)C3C2)cc1. The number of benzene rings is 2. The van der Waals surface area contributed by atoms with Crippen molar-refractivity contribution in [3.05, 3.63) is 70.7 Å². The lowest BCUT2D eigenvalue weighted by Gasteiger charge is -2.30. The van der Waals surface area contributed by atoms with Crippen LogP contribution >= 0.6 is 11.3 Å². The molecule has 2 saturated heterocycles. The fourth-order valence-corrected chi connectivity index (χ4v) is 8.23. The summed E-state index contributed by atoms with van der Waals surface area (Å²) < 4.78 is 54.7. The van der Waals surface area contributed by atoms with Gasteiger partial charge in [0.2, 0.25) is 10.0 Å². The van der Waals surface area contributed by atoms with E-state index in [1.807, 2.05) is 22.4 Å². The summed E-state index contributed by atoms with van der Waals surface area (Å²) in [4.78, 5) is 18.0. The Kier molecular flexibility index (Phi) is 8.53. The number of unbranched alkanes of at least 4 members (excludes halogenated alkanes) is 1. The van der Waals surface area contributed by atoms with E-state index in [0.717, 1.165) is 12.8 Å². The Hall–Kier alpha value is -2.99. The van der Waals surface area contributed by atoms with Crippen LogP contribution in [0.3, 0.4) is 0 Å². The second kappa shape index (κ2) is 12.3. The first-order chi connectivity index (χ1) is 20.4. The number of fused-ring (bicyclic) bond motifs is 1. The molecule has 6 rings (SSSR count). The predicted octanol–water partition coefficient (Wildman–Crippen LogP) is 5.12. The Morgan fingerprint density at radius 1 is 1.10 bits per heavy atom. The van der Waals surface area contributed by atoms with Gasteiger partial charge in [0, 0.05) is 38.4 Å². The van der Waals surface area contributed by atoms with Crippen LogP contribution in [0.15, 0.2) is 64.9 Å². The van der Waals surface area contributed by atoms with Gasteiger partial charge in [-0.3, -0.25) is 4.79 Å². The molecule has 3 aromatic rings. The molecule has 8 nitrogen and oxygen atoms in total. The highest BCUT2D eigenvalue weighted by atomic mass is 32.2. The van der Waals surface area contributed by atoms with Crippen molar-refractivity contribution >= 4 is 38.6 Å². The Morgan fingerprint density at radius 2 is 1.83 bits per heavy atom. The molecular weight excluding hydrogens is 577 g/mol. The Bertz CT molecular complexity index is 1480. The number of hydrogen-bond donors (Lipinski definition) is 0. The summed E-state index contributed by atoms with van der Waals surface area (Å²) in [6, 6.07) is 15.2. The second-order valence-corrected chi connectivity index (χ2v) is 14.0. The van der Waals surface area contributed by atoms with E-state index >= 15 is 4.39 Å². The highest BCUT2D eigenvalue weighted by molar-refractivity contribution is 7.89. The maximum Gasteiger partial charge on any atom is 0.268 e.